The Balaban J connectivity index is 2.17. The smallest absolute Gasteiger partial charge is 0.169 e. The molecule has 7 nitrogen and oxygen atoms in total. The van der Waals surface area contributed by atoms with Crippen molar-refractivity contribution in [3.8, 4) is 11.3 Å². The van der Waals surface area contributed by atoms with E-state index < -0.39 is 0 Å². The van der Waals surface area contributed by atoms with Gasteiger partial charge in [0.15, 0.2) is 5.78 Å². The molecule has 1 aliphatic carbocycles. The SMILES string of the molecule is Cc1onc2c1C(=O)CCc1[nH]c3ncnc(N)c3c1-2. The number of ketones is 1. The Morgan fingerprint density at radius 1 is 1.30 bits per heavy atom. The molecule has 100 valence electrons. The van der Waals surface area contributed by atoms with Crippen molar-refractivity contribution in [1.82, 2.24) is 20.1 Å². The molecule has 0 atom stereocenters. The molecular weight excluding hydrogens is 258 g/mol. The molecule has 0 radical (unpaired) electrons. The lowest BCUT2D eigenvalue weighted by molar-refractivity contribution is 0.0982. The fourth-order valence-electron chi connectivity index (χ4n) is 2.78. The Bertz CT molecular complexity index is 861. The van der Waals surface area contributed by atoms with E-state index in [9.17, 15) is 4.79 Å². The summed E-state index contributed by atoms with van der Waals surface area (Å²) in [6, 6.07) is 0. The number of hydrogen-bond donors (Lipinski definition) is 2. The third-order valence-corrected chi connectivity index (χ3v) is 3.68. The number of fused-ring (bicyclic) bond motifs is 5. The van der Waals surface area contributed by atoms with Crippen LogP contribution in [0.5, 0.6) is 0 Å². The second-order valence-corrected chi connectivity index (χ2v) is 4.85. The van der Waals surface area contributed by atoms with E-state index in [0.717, 1.165) is 11.3 Å². The summed E-state index contributed by atoms with van der Waals surface area (Å²) in [5.41, 5.74) is 9.37. The molecule has 0 saturated heterocycles. The fraction of sp³-hybridized carbons (Fsp3) is 0.231. The molecule has 0 amide bonds. The van der Waals surface area contributed by atoms with Gasteiger partial charge in [-0.1, -0.05) is 5.16 Å². The number of aromatic nitrogens is 4. The lowest BCUT2D eigenvalue weighted by Gasteiger charge is -1.99. The predicted octanol–water partition coefficient (Wildman–Crippen LogP) is 1.63. The van der Waals surface area contributed by atoms with Gasteiger partial charge in [0, 0.05) is 17.7 Å². The number of Topliss-reactive ketones (excluding diaryl/α,β-unsaturated/α-hetero) is 1. The summed E-state index contributed by atoms with van der Waals surface area (Å²) in [5.74, 6) is 0.933. The maximum Gasteiger partial charge on any atom is 0.169 e. The molecule has 0 aromatic carbocycles. The second-order valence-electron chi connectivity index (χ2n) is 4.85. The first kappa shape index (κ1) is 11.2. The van der Waals surface area contributed by atoms with Crippen LogP contribution < -0.4 is 5.73 Å². The minimum absolute atomic E-state index is 0.0342. The number of carbonyl (C=O) groups is 1. The first-order valence-corrected chi connectivity index (χ1v) is 6.27. The zero-order valence-corrected chi connectivity index (χ0v) is 10.7. The van der Waals surface area contributed by atoms with Gasteiger partial charge in [0.2, 0.25) is 0 Å². The van der Waals surface area contributed by atoms with Crippen LogP contribution in [0, 0.1) is 6.92 Å². The summed E-state index contributed by atoms with van der Waals surface area (Å²) in [6.07, 6.45) is 2.41. The molecule has 0 unspecified atom stereocenters. The molecule has 1 aliphatic rings. The number of hydrogen-bond acceptors (Lipinski definition) is 6. The normalized spacial score (nSPS) is 14.2. The maximum absolute atomic E-state index is 12.2. The number of aromatic amines is 1. The molecule has 0 bridgehead atoms. The minimum atomic E-state index is 0.0342. The molecule has 0 fully saturated rings. The van der Waals surface area contributed by atoms with Crippen LogP contribution in [0.25, 0.3) is 22.3 Å². The van der Waals surface area contributed by atoms with E-state index in [-0.39, 0.29) is 5.78 Å². The molecule has 3 heterocycles. The average Bonchev–Trinajstić information content (AvgIpc) is 2.93. The Morgan fingerprint density at radius 3 is 3.00 bits per heavy atom. The minimum Gasteiger partial charge on any atom is -0.383 e. The summed E-state index contributed by atoms with van der Waals surface area (Å²) in [7, 11) is 0. The summed E-state index contributed by atoms with van der Waals surface area (Å²) in [4.78, 5) is 23.6. The molecular formula is C13H11N5O2. The van der Waals surface area contributed by atoms with Crippen molar-refractivity contribution in [3.05, 3.63) is 23.3 Å². The zero-order valence-electron chi connectivity index (χ0n) is 10.7. The van der Waals surface area contributed by atoms with Gasteiger partial charge in [-0.05, 0) is 13.3 Å². The third kappa shape index (κ3) is 1.29. The number of carbonyl (C=O) groups excluding carboxylic acids is 1. The Labute approximate surface area is 113 Å². The quantitative estimate of drug-likeness (QED) is 0.641. The van der Waals surface area contributed by atoms with Gasteiger partial charge >= 0.3 is 0 Å². The maximum atomic E-state index is 12.2. The molecule has 20 heavy (non-hydrogen) atoms. The van der Waals surface area contributed by atoms with E-state index in [4.69, 9.17) is 10.3 Å². The number of nitrogens with two attached hydrogens (primary N) is 1. The standard InChI is InChI=1S/C13H11N5O2/c1-5-8-7(19)3-2-6-9(11(8)18-20-5)10-12(14)15-4-16-13(10)17-6/h4H,2-3H2,1H3,(H3,14,15,16,17). The Kier molecular flexibility index (Phi) is 2.04. The topological polar surface area (TPSA) is 111 Å². The van der Waals surface area contributed by atoms with Crippen molar-refractivity contribution in [2.24, 2.45) is 0 Å². The van der Waals surface area contributed by atoms with E-state index in [1.165, 1.54) is 6.33 Å². The summed E-state index contributed by atoms with van der Waals surface area (Å²) in [6.45, 7) is 1.74. The van der Waals surface area contributed by atoms with Crippen LogP contribution in [-0.2, 0) is 6.42 Å². The van der Waals surface area contributed by atoms with Gasteiger partial charge < -0.3 is 15.2 Å². The molecule has 4 rings (SSSR count). The number of aryl methyl sites for hydroxylation is 2. The van der Waals surface area contributed by atoms with Gasteiger partial charge in [-0.25, -0.2) is 9.97 Å². The summed E-state index contributed by atoms with van der Waals surface area (Å²) < 4.78 is 5.19. The van der Waals surface area contributed by atoms with Crippen LogP contribution >= 0.6 is 0 Å². The van der Waals surface area contributed by atoms with Gasteiger partial charge in [-0.3, -0.25) is 4.79 Å². The van der Waals surface area contributed by atoms with Crippen LogP contribution in [0.15, 0.2) is 10.9 Å². The van der Waals surface area contributed by atoms with Crippen LogP contribution in [0.1, 0.15) is 28.2 Å². The van der Waals surface area contributed by atoms with Crippen molar-refractivity contribution in [3.63, 3.8) is 0 Å². The molecule has 0 spiro atoms. The van der Waals surface area contributed by atoms with Crippen molar-refractivity contribution in [1.29, 1.82) is 0 Å². The molecule has 3 aromatic heterocycles. The van der Waals surface area contributed by atoms with Crippen molar-refractivity contribution < 1.29 is 9.32 Å². The number of nitrogens with zero attached hydrogens (tertiary/aromatic N) is 3. The number of rotatable bonds is 0. The highest BCUT2D eigenvalue weighted by Crippen LogP contribution is 2.39. The van der Waals surface area contributed by atoms with Gasteiger partial charge in [-0.2, -0.15) is 0 Å². The second kappa shape index (κ2) is 3.66. The number of anilines is 1. The first-order chi connectivity index (χ1) is 9.66. The van der Waals surface area contributed by atoms with Gasteiger partial charge in [-0.15, -0.1) is 0 Å². The van der Waals surface area contributed by atoms with Crippen molar-refractivity contribution in [2.45, 2.75) is 19.8 Å². The van der Waals surface area contributed by atoms with E-state index in [1.54, 1.807) is 6.92 Å². The lowest BCUT2D eigenvalue weighted by atomic mass is 10.0. The largest absolute Gasteiger partial charge is 0.383 e. The average molecular weight is 269 g/mol. The van der Waals surface area contributed by atoms with Crippen LogP contribution in [0.2, 0.25) is 0 Å². The first-order valence-electron chi connectivity index (χ1n) is 6.27. The molecule has 3 N–H and O–H groups in total. The Hall–Kier alpha value is -2.70. The number of nitrogens with one attached hydrogen (secondary N) is 1. The van der Waals surface area contributed by atoms with E-state index in [1.807, 2.05) is 0 Å². The van der Waals surface area contributed by atoms with Crippen molar-refractivity contribution >= 4 is 22.6 Å². The lowest BCUT2D eigenvalue weighted by Crippen LogP contribution is -2.00. The van der Waals surface area contributed by atoms with Gasteiger partial charge in [0.05, 0.1) is 10.9 Å². The number of nitrogen functional groups attached to an aromatic ring is 1. The fourth-order valence-corrected chi connectivity index (χ4v) is 2.78. The van der Waals surface area contributed by atoms with Crippen molar-refractivity contribution in [2.75, 3.05) is 5.73 Å². The monoisotopic (exact) mass is 269 g/mol. The predicted molar refractivity (Wildman–Crippen MR) is 71.2 cm³/mol. The Morgan fingerprint density at radius 2 is 2.15 bits per heavy atom. The van der Waals surface area contributed by atoms with E-state index in [2.05, 4.69) is 20.1 Å². The number of H-pyrrole nitrogens is 1. The van der Waals surface area contributed by atoms with Gasteiger partial charge in [0.25, 0.3) is 0 Å². The van der Waals surface area contributed by atoms with Gasteiger partial charge in [0.1, 0.15) is 29.2 Å². The highest BCUT2D eigenvalue weighted by atomic mass is 16.5. The molecule has 0 aliphatic heterocycles. The summed E-state index contributed by atoms with van der Waals surface area (Å²) >= 11 is 0. The summed E-state index contributed by atoms with van der Waals surface area (Å²) in [5, 5.41) is 4.75. The van der Waals surface area contributed by atoms with Crippen LogP contribution in [0.4, 0.5) is 5.82 Å². The highest BCUT2D eigenvalue weighted by Gasteiger charge is 2.30. The third-order valence-electron chi connectivity index (χ3n) is 3.68. The van der Waals surface area contributed by atoms with E-state index >= 15 is 0 Å². The van der Waals surface area contributed by atoms with Crippen LogP contribution in [-0.4, -0.2) is 25.9 Å². The zero-order chi connectivity index (χ0) is 13.9. The van der Waals surface area contributed by atoms with Crippen LogP contribution in [0.3, 0.4) is 0 Å². The molecule has 3 aromatic rings. The molecule has 0 saturated carbocycles. The highest BCUT2D eigenvalue weighted by molar-refractivity contribution is 6.10. The molecule has 7 heteroatoms. The van der Waals surface area contributed by atoms with E-state index in [0.29, 0.717) is 46.7 Å².